The summed E-state index contributed by atoms with van der Waals surface area (Å²) in [5.74, 6) is 0. The average molecular weight is 296 g/mol. The Labute approximate surface area is 122 Å². The summed E-state index contributed by atoms with van der Waals surface area (Å²) in [5.41, 5.74) is 1.16. The van der Waals surface area contributed by atoms with Crippen LogP contribution in [0.2, 0.25) is 0 Å². The minimum Gasteiger partial charge on any atom is -0.319 e. The highest BCUT2D eigenvalue weighted by Gasteiger charge is 2.24. The first kappa shape index (κ1) is 15.5. The quantitative estimate of drug-likeness (QED) is 0.904. The molecule has 1 heterocycles. The molecule has 1 saturated heterocycles. The second-order valence-electron chi connectivity index (χ2n) is 5.32. The summed E-state index contributed by atoms with van der Waals surface area (Å²) in [4.78, 5) is 0.424. The standard InChI is InChI=1S/C15H24N2O2S/c1-16-11-10-14-6-8-15(9-7-14)20(18,19)17-12-4-2-3-5-13-17/h6-9,16H,2-5,10-13H2,1H3. The van der Waals surface area contributed by atoms with E-state index in [0.717, 1.165) is 44.2 Å². The van der Waals surface area contributed by atoms with Crippen molar-refractivity contribution in [3.05, 3.63) is 29.8 Å². The summed E-state index contributed by atoms with van der Waals surface area (Å²) in [7, 11) is -1.39. The van der Waals surface area contributed by atoms with Gasteiger partial charge in [0.1, 0.15) is 0 Å². The molecule has 0 bridgehead atoms. The Morgan fingerprint density at radius 2 is 1.65 bits per heavy atom. The molecule has 2 rings (SSSR count). The van der Waals surface area contributed by atoms with Crippen LogP contribution < -0.4 is 5.32 Å². The first-order valence-corrected chi connectivity index (χ1v) is 8.82. The first-order chi connectivity index (χ1) is 9.64. The molecule has 0 atom stereocenters. The van der Waals surface area contributed by atoms with Crippen molar-refractivity contribution < 1.29 is 8.42 Å². The first-order valence-electron chi connectivity index (χ1n) is 7.38. The number of likely N-dealkylation sites (N-methyl/N-ethyl adjacent to an activating group) is 1. The molecule has 20 heavy (non-hydrogen) atoms. The number of sulfonamides is 1. The van der Waals surface area contributed by atoms with Crippen LogP contribution in [0, 0.1) is 0 Å². The molecule has 0 saturated carbocycles. The summed E-state index contributed by atoms with van der Waals surface area (Å²) in [6, 6.07) is 7.32. The zero-order chi connectivity index (χ0) is 14.4. The molecule has 0 unspecified atom stereocenters. The molecule has 4 nitrogen and oxygen atoms in total. The van der Waals surface area contributed by atoms with E-state index in [9.17, 15) is 8.42 Å². The van der Waals surface area contributed by atoms with Crippen molar-refractivity contribution in [3.63, 3.8) is 0 Å². The molecule has 1 aromatic carbocycles. The fourth-order valence-electron chi connectivity index (χ4n) is 2.53. The lowest BCUT2D eigenvalue weighted by molar-refractivity contribution is 0.423. The zero-order valence-corrected chi connectivity index (χ0v) is 13.0. The van der Waals surface area contributed by atoms with Crippen molar-refractivity contribution in [3.8, 4) is 0 Å². The number of nitrogens with one attached hydrogen (secondary N) is 1. The van der Waals surface area contributed by atoms with Crippen LogP contribution in [0.25, 0.3) is 0 Å². The van der Waals surface area contributed by atoms with E-state index >= 15 is 0 Å². The lowest BCUT2D eigenvalue weighted by Crippen LogP contribution is -2.31. The van der Waals surface area contributed by atoms with Gasteiger partial charge in [0.15, 0.2) is 0 Å². The number of hydrogen-bond acceptors (Lipinski definition) is 3. The highest BCUT2D eigenvalue weighted by atomic mass is 32.2. The van der Waals surface area contributed by atoms with Crippen molar-refractivity contribution >= 4 is 10.0 Å². The van der Waals surface area contributed by atoms with E-state index in [1.807, 2.05) is 19.2 Å². The normalized spacial score (nSPS) is 17.9. The predicted molar refractivity (Wildman–Crippen MR) is 81.3 cm³/mol. The van der Waals surface area contributed by atoms with Crippen molar-refractivity contribution in [1.29, 1.82) is 0 Å². The Balaban J connectivity index is 2.12. The number of benzene rings is 1. The predicted octanol–water partition coefficient (Wildman–Crippen LogP) is 2.01. The van der Waals surface area contributed by atoms with Gasteiger partial charge in [-0.15, -0.1) is 0 Å². The number of hydrogen-bond donors (Lipinski definition) is 1. The molecule has 0 aliphatic carbocycles. The lowest BCUT2D eigenvalue weighted by atomic mass is 10.1. The second-order valence-corrected chi connectivity index (χ2v) is 7.25. The third kappa shape index (κ3) is 3.81. The molecule has 5 heteroatoms. The van der Waals surface area contributed by atoms with Gasteiger partial charge in [-0.2, -0.15) is 4.31 Å². The van der Waals surface area contributed by atoms with E-state index in [1.165, 1.54) is 0 Å². The SMILES string of the molecule is CNCCc1ccc(S(=O)(=O)N2CCCCCC2)cc1. The van der Waals surface area contributed by atoms with Crippen LogP contribution in [0.4, 0.5) is 0 Å². The molecular weight excluding hydrogens is 272 g/mol. The maximum Gasteiger partial charge on any atom is 0.243 e. The van der Waals surface area contributed by atoms with Crippen molar-refractivity contribution in [1.82, 2.24) is 9.62 Å². The molecule has 0 spiro atoms. The molecule has 0 amide bonds. The molecule has 1 fully saturated rings. The summed E-state index contributed by atoms with van der Waals surface area (Å²) < 4.78 is 26.8. The molecule has 1 aliphatic rings. The Morgan fingerprint density at radius 3 is 2.20 bits per heavy atom. The van der Waals surface area contributed by atoms with Crippen LogP contribution >= 0.6 is 0 Å². The van der Waals surface area contributed by atoms with Gasteiger partial charge in [0, 0.05) is 13.1 Å². The number of rotatable bonds is 5. The molecule has 0 radical (unpaired) electrons. The summed E-state index contributed by atoms with van der Waals surface area (Å²) in [5, 5.41) is 3.09. The van der Waals surface area contributed by atoms with Gasteiger partial charge in [-0.3, -0.25) is 0 Å². The Bertz CT molecular complexity index is 503. The van der Waals surface area contributed by atoms with E-state index in [4.69, 9.17) is 0 Å². The van der Waals surface area contributed by atoms with Gasteiger partial charge in [0.25, 0.3) is 0 Å². The van der Waals surface area contributed by atoms with E-state index in [-0.39, 0.29) is 0 Å². The van der Waals surface area contributed by atoms with Crippen LogP contribution in [0.1, 0.15) is 31.2 Å². The molecule has 1 aromatic rings. The Kier molecular flexibility index (Phi) is 5.57. The van der Waals surface area contributed by atoms with Gasteiger partial charge in [-0.25, -0.2) is 8.42 Å². The zero-order valence-electron chi connectivity index (χ0n) is 12.1. The Morgan fingerprint density at radius 1 is 1.05 bits per heavy atom. The van der Waals surface area contributed by atoms with Gasteiger partial charge in [0.05, 0.1) is 4.90 Å². The van der Waals surface area contributed by atoms with Crippen molar-refractivity contribution in [2.45, 2.75) is 37.0 Å². The molecule has 112 valence electrons. The minimum atomic E-state index is -3.30. The van der Waals surface area contributed by atoms with Crippen LogP contribution in [-0.4, -0.2) is 39.4 Å². The third-order valence-electron chi connectivity index (χ3n) is 3.79. The van der Waals surface area contributed by atoms with Crippen LogP contribution in [0.15, 0.2) is 29.2 Å². The van der Waals surface area contributed by atoms with Crippen LogP contribution in [-0.2, 0) is 16.4 Å². The maximum absolute atomic E-state index is 12.6. The van der Waals surface area contributed by atoms with Crippen molar-refractivity contribution in [2.75, 3.05) is 26.7 Å². The summed E-state index contributed by atoms with van der Waals surface area (Å²) >= 11 is 0. The fourth-order valence-corrected chi connectivity index (χ4v) is 4.05. The largest absolute Gasteiger partial charge is 0.319 e. The highest BCUT2D eigenvalue weighted by molar-refractivity contribution is 7.89. The maximum atomic E-state index is 12.6. The van der Waals surface area contributed by atoms with Crippen LogP contribution in [0.3, 0.4) is 0 Å². The fraction of sp³-hybridized carbons (Fsp3) is 0.600. The smallest absolute Gasteiger partial charge is 0.243 e. The van der Waals surface area contributed by atoms with Gasteiger partial charge < -0.3 is 5.32 Å². The highest BCUT2D eigenvalue weighted by Crippen LogP contribution is 2.20. The molecular formula is C15H24N2O2S. The van der Waals surface area contributed by atoms with E-state index in [0.29, 0.717) is 18.0 Å². The van der Waals surface area contributed by atoms with Gasteiger partial charge in [-0.05, 0) is 50.6 Å². The van der Waals surface area contributed by atoms with E-state index in [1.54, 1.807) is 16.4 Å². The van der Waals surface area contributed by atoms with Gasteiger partial charge in [0.2, 0.25) is 10.0 Å². The monoisotopic (exact) mass is 296 g/mol. The van der Waals surface area contributed by atoms with Gasteiger partial charge >= 0.3 is 0 Å². The van der Waals surface area contributed by atoms with E-state index in [2.05, 4.69) is 5.32 Å². The topological polar surface area (TPSA) is 49.4 Å². The molecule has 1 aliphatic heterocycles. The minimum absolute atomic E-state index is 0.424. The summed E-state index contributed by atoms with van der Waals surface area (Å²) in [6.45, 7) is 2.21. The average Bonchev–Trinajstić information content (AvgIpc) is 2.75. The van der Waals surface area contributed by atoms with Crippen molar-refractivity contribution in [2.24, 2.45) is 0 Å². The number of nitrogens with zero attached hydrogens (tertiary/aromatic N) is 1. The molecule has 0 aromatic heterocycles. The Hall–Kier alpha value is -0.910. The van der Waals surface area contributed by atoms with Gasteiger partial charge in [-0.1, -0.05) is 25.0 Å². The van der Waals surface area contributed by atoms with Crippen LogP contribution in [0.5, 0.6) is 0 Å². The summed E-state index contributed by atoms with van der Waals surface area (Å²) in [6.07, 6.45) is 5.13. The molecule has 1 N–H and O–H groups in total. The second kappa shape index (κ2) is 7.20. The van der Waals surface area contributed by atoms with E-state index < -0.39 is 10.0 Å². The lowest BCUT2D eigenvalue weighted by Gasteiger charge is -2.20. The third-order valence-corrected chi connectivity index (χ3v) is 5.70.